The van der Waals surface area contributed by atoms with Crippen molar-refractivity contribution < 1.29 is 19.4 Å². The van der Waals surface area contributed by atoms with Crippen LogP contribution in [0, 0.1) is 6.92 Å². The number of ether oxygens (including phenoxy) is 2. The summed E-state index contributed by atoms with van der Waals surface area (Å²) in [5.41, 5.74) is 2.92. The smallest absolute Gasteiger partial charge is 0.298 e. The zero-order valence-electron chi connectivity index (χ0n) is 13.1. The molecule has 0 saturated carbocycles. The number of hydrogen-bond donors (Lipinski definition) is 1. The van der Waals surface area contributed by atoms with Crippen LogP contribution in [0.5, 0.6) is 0 Å². The number of carbonyl (C=O) groups excluding carboxylic acids is 1. The largest absolute Gasteiger partial charge is 0.430 e. The summed E-state index contributed by atoms with van der Waals surface area (Å²) in [5.74, 6) is 0.316. The maximum atomic E-state index is 10.8. The van der Waals surface area contributed by atoms with E-state index in [1.165, 1.54) is 0 Å². The average Bonchev–Trinajstić information content (AvgIpc) is 2.52. The van der Waals surface area contributed by atoms with Gasteiger partial charge in [0.15, 0.2) is 0 Å². The van der Waals surface area contributed by atoms with Crippen LogP contribution in [0.1, 0.15) is 18.1 Å². The van der Waals surface area contributed by atoms with E-state index in [9.17, 15) is 9.90 Å². The molecule has 2 rings (SSSR count). The van der Waals surface area contributed by atoms with Gasteiger partial charge in [-0.1, -0.05) is 24.3 Å². The highest BCUT2D eigenvalue weighted by molar-refractivity contribution is 5.72. The van der Waals surface area contributed by atoms with Crippen LogP contribution in [0.4, 0.5) is 0 Å². The first-order valence-electron chi connectivity index (χ1n) is 7.51. The van der Waals surface area contributed by atoms with Gasteiger partial charge in [0.05, 0.1) is 13.2 Å². The number of aryl methyl sites for hydroxylation is 1. The third kappa shape index (κ3) is 4.16. The van der Waals surface area contributed by atoms with Crippen molar-refractivity contribution in [3.05, 3.63) is 41.2 Å². The van der Waals surface area contributed by atoms with Gasteiger partial charge < -0.3 is 14.6 Å². The molecular weight excluding hydrogens is 282 g/mol. The Morgan fingerprint density at radius 2 is 2.09 bits per heavy atom. The predicted molar refractivity (Wildman–Crippen MR) is 84.2 cm³/mol. The third-order valence-corrected chi connectivity index (χ3v) is 3.81. The molecule has 5 nitrogen and oxygen atoms in total. The summed E-state index contributed by atoms with van der Waals surface area (Å²) in [6.07, 6.45) is -0.846. The first-order chi connectivity index (χ1) is 10.6. The van der Waals surface area contributed by atoms with Crippen molar-refractivity contribution in [2.75, 3.05) is 32.8 Å². The maximum Gasteiger partial charge on any atom is 0.298 e. The first-order valence-corrected chi connectivity index (χ1v) is 7.51. The van der Waals surface area contributed by atoms with Crippen LogP contribution in [0.2, 0.25) is 0 Å². The molecule has 1 aliphatic rings. The Morgan fingerprint density at radius 1 is 1.41 bits per heavy atom. The van der Waals surface area contributed by atoms with Crippen molar-refractivity contribution in [1.82, 2.24) is 4.90 Å². The number of aliphatic hydroxyl groups excluding tert-OH is 1. The standard InChI is InChI=1S/C17H23NO4/c1-13-5-3-4-6-15(13)16(17(14(2)20)22-12-19)11-18-7-9-21-10-8-18/h3-6,12,14,20H,7-11H2,1-2H3/b17-16-. The number of hydrogen-bond acceptors (Lipinski definition) is 5. The van der Waals surface area contributed by atoms with Crippen LogP contribution in [0.3, 0.4) is 0 Å². The Bertz CT molecular complexity index is 533. The van der Waals surface area contributed by atoms with Crippen LogP contribution < -0.4 is 0 Å². The van der Waals surface area contributed by atoms with E-state index < -0.39 is 6.10 Å². The van der Waals surface area contributed by atoms with E-state index in [0.29, 0.717) is 32.0 Å². The topological polar surface area (TPSA) is 59.0 Å². The number of nitrogens with zero attached hydrogens (tertiary/aromatic N) is 1. The van der Waals surface area contributed by atoms with E-state index in [4.69, 9.17) is 9.47 Å². The van der Waals surface area contributed by atoms with Crippen LogP contribution in [0.25, 0.3) is 5.57 Å². The molecule has 1 atom stereocenters. The lowest BCUT2D eigenvalue weighted by atomic mass is 9.97. The van der Waals surface area contributed by atoms with E-state index in [1.54, 1.807) is 6.92 Å². The molecule has 1 unspecified atom stereocenters. The van der Waals surface area contributed by atoms with Crippen molar-refractivity contribution >= 4 is 12.0 Å². The lowest BCUT2D eigenvalue weighted by Crippen LogP contribution is -2.37. The first kappa shape index (κ1) is 16.7. The Labute approximate surface area is 131 Å². The van der Waals surface area contributed by atoms with Gasteiger partial charge in [-0.05, 0) is 25.0 Å². The molecule has 1 fully saturated rings. The summed E-state index contributed by atoms with van der Waals surface area (Å²) in [4.78, 5) is 13.1. The quantitative estimate of drug-likeness (QED) is 0.639. The highest BCUT2D eigenvalue weighted by Gasteiger charge is 2.21. The van der Waals surface area contributed by atoms with E-state index in [2.05, 4.69) is 4.90 Å². The zero-order chi connectivity index (χ0) is 15.9. The highest BCUT2D eigenvalue weighted by Crippen LogP contribution is 2.26. The number of carbonyl (C=O) groups is 1. The summed E-state index contributed by atoms with van der Waals surface area (Å²) in [6, 6.07) is 7.91. The van der Waals surface area contributed by atoms with Crippen molar-refractivity contribution in [1.29, 1.82) is 0 Å². The fourth-order valence-electron chi connectivity index (χ4n) is 2.66. The number of benzene rings is 1. The number of aliphatic hydroxyl groups is 1. The Morgan fingerprint density at radius 3 is 2.68 bits per heavy atom. The molecule has 1 N–H and O–H groups in total. The second-order valence-corrected chi connectivity index (χ2v) is 5.44. The summed E-state index contributed by atoms with van der Waals surface area (Å²) < 4.78 is 10.5. The lowest BCUT2D eigenvalue weighted by Gasteiger charge is -2.29. The van der Waals surface area contributed by atoms with Crippen LogP contribution >= 0.6 is 0 Å². The lowest BCUT2D eigenvalue weighted by molar-refractivity contribution is -0.126. The number of rotatable bonds is 6. The Kier molecular flexibility index (Phi) is 6.12. The molecule has 0 amide bonds. The molecular formula is C17H23NO4. The minimum atomic E-state index is -0.846. The van der Waals surface area contributed by atoms with E-state index >= 15 is 0 Å². The van der Waals surface area contributed by atoms with Gasteiger partial charge in [-0.25, -0.2) is 0 Å². The summed E-state index contributed by atoms with van der Waals surface area (Å²) in [7, 11) is 0. The van der Waals surface area contributed by atoms with E-state index in [-0.39, 0.29) is 0 Å². The molecule has 0 spiro atoms. The molecule has 5 heteroatoms. The number of morpholine rings is 1. The van der Waals surface area contributed by atoms with Crippen LogP contribution in [-0.4, -0.2) is 55.4 Å². The fourth-order valence-corrected chi connectivity index (χ4v) is 2.66. The van der Waals surface area contributed by atoms with Crippen molar-refractivity contribution in [3.63, 3.8) is 0 Å². The molecule has 1 aromatic rings. The monoisotopic (exact) mass is 305 g/mol. The molecule has 0 aliphatic carbocycles. The van der Waals surface area contributed by atoms with Gasteiger partial charge in [0.2, 0.25) is 0 Å². The molecule has 1 aromatic carbocycles. The molecule has 22 heavy (non-hydrogen) atoms. The fraction of sp³-hybridized carbons (Fsp3) is 0.471. The van der Waals surface area contributed by atoms with Gasteiger partial charge in [-0.2, -0.15) is 0 Å². The predicted octanol–water partition coefficient (Wildman–Crippen LogP) is 1.59. The summed E-state index contributed by atoms with van der Waals surface area (Å²) >= 11 is 0. The Hall–Kier alpha value is -1.69. The second-order valence-electron chi connectivity index (χ2n) is 5.44. The molecule has 0 aromatic heterocycles. The average molecular weight is 305 g/mol. The molecule has 1 aliphatic heterocycles. The minimum absolute atomic E-state index is 0.316. The van der Waals surface area contributed by atoms with Gasteiger partial charge in [0.25, 0.3) is 6.47 Å². The minimum Gasteiger partial charge on any atom is -0.430 e. The zero-order valence-corrected chi connectivity index (χ0v) is 13.1. The van der Waals surface area contributed by atoms with Gasteiger partial charge in [0.1, 0.15) is 11.9 Å². The van der Waals surface area contributed by atoms with Crippen molar-refractivity contribution in [3.8, 4) is 0 Å². The van der Waals surface area contributed by atoms with Gasteiger partial charge in [-0.15, -0.1) is 0 Å². The van der Waals surface area contributed by atoms with E-state index in [1.807, 2.05) is 31.2 Å². The van der Waals surface area contributed by atoms with Gasteiger partial charge in [0, 0.05) is 25.2 Å². The van der Waals surface area contributed by atoms with Crippen molar-refractivity contribution in [2.24, 2.45) is 0 Å². The molecule has 120 valence electrons. The molecule has 0 bridgehead atoms. The summed E-state index contributed by atoms with van der Waals surface area (Å²) in [6.45, 7) is 7.64. The normalized spacial score (nSPS) is 18.5. The van der Waals surface area contributed by atoms with Crippen molar-refractivity contribution in [2.45, 2.75) is 20.0 Å². The Balaban J connectivity index is 2.40. The van der Waals surface area contributed by atoms with Gasteiger partial charge in [-0.3, -0.25) is 9.69 Å². The maximum absolute atomic E-state index is 10.8. The third-order valence-electron chi connectivity index (χ3n) is 3.81. The SMILES string of the molecule is Cc1ccccc1/C(CN1CCOCC1)=C(\OC=O)C(C)O. The van der Waals surface area contributed by atoms with Gasteiger partial charge >= 0.3 is 0 Å². The molecule has 1 heterocycles. The molecule has 0 radical (unpaired) electrons. The molecule has 1 saturated heterocycles. The van der Waals surface area contributed by atoms with Crippen LogP contribution in [0.15, 0.2) is 30.0 Å². The van der Waals surface area contributed by atoms with Crippen LogP contribution in [-0.2, 0) is 14.3 Å². The van der Waals surface area contributed by atoms with E-state index in [0.717, 1.165) is 29.8 Å². The summed E-state index contributed by atoms with van der Waals surface area (Å²) in [5, 5.41) is 10.0. The highest BCUT2D eigenvalue weighted by atomic mass is 16.5. The second kappa shape index (κ2) is 8.08.